The van der Waals surface area contributed by atoms with E-state index in [2.05, 4.69) is 5.32 Å². The molecule has 26 heavy (non-hydrogen) atoms. The van der Waals surface area contributed by atoms with E-state index in [1.54, 1.807) is 12.1 Å². The van der Waals surface area contributed by atoms with Crippen LogP contribution in [0.4, 0.5) is 11.4 Å². The lowest BCUT2D eigenvalue weighted by Gasteiger charge is -2.17. The van der Waals surface area contributed by atoms with Crippen LogP contribution in [0, 0.1) is 24.0 Å². The van der Waals surface area contributed by atoms with Crippen molar-refractivity contribution in [3.63, 3.8) is 0 Å². The molecular weight excluding hydrogens is 358 g/mol. The van der Waals surface area contributed by atoms with Crippen LogP contribution in [0.2, 0.25) is 0 Å². The quantitative estimate of drug-likeness (QED) is 0.614. The summed E-state index contributed by atoms with van der Waals surface area (Å²) in [5.74, 6) is -0.597. The summed E-state index contributed by atoms with van der Waals surface area (Å²) >= 11 is 0. The summed E-state index contributed by atoms with van der Waals surface area (Å²) in [7, 11) is -2.52. The number of non-ortho nitro benzene ring substituents is 1. The fourth-order valence-corrected chi connectivity index (χ4v) is 3.45. The molecule has 0 saturated carbocycles. The van der Waals surface area contributed by atoms with Crippen LogP contribution in [0.3, 0.4) is 0 Å². The lowest BCUT2D eigenvalue weighted by atomic mass is 10.1. The molecule has 0 radical (unpaired) electrons. The highest BCUT2D eigenvalue weighted by Gasteiger charge is 2.23. The largest absolute Gasteiger partial charge is 0.325 e. The number of likely N-dealkylation sites (N-methyl/N-ethyl adjacent to an activating group) is 1. The molecule has 0 fully saturated rings. The fraction of sp³-hybridized carbons (Fsp3) is 0.235. The molecule has 0 aliphatic carbocycles. The Kier molecular flexibility index (Phi) is 5.73. The molecule has 0 saturated heterocycles. The standard InChI is InChI=1S/C17H19N3O5S/c1-12-7-8-16(9-13(12)2)26(24,25)19(3)11-17(21)18-14-5-4-6-15(10-14)20(22)23/h4-10H,11H2,1-3H3,(H,18,21). The molecule has 138 valence electrons. The Bertz CT molecular complexity index is 957. The van der Waals surface area contributed by atoms with Gasteiger partial charge in [0.25, 0.3) is 5.69 Å². The van der Waals surface area contributed by atoms with Crippen LogP contribution in [0.25, 0.3) is 0 Å². The first-order chi connectivity index (χ1) is 12.1. The van der Waals surface area contributed by atoms with Crippen molar-refractivity contribution in [1.29, 1.82) is 0 Å². The van der Waals surface area contributed by atoms with Crippen LogP contribution in [0.5, 0.6) is 0 Å². The molecule has 2 rings (SSSR count). The lowest BCUT2D eigenvalue weighted by molar-refractivity contribution is -0.384. The van der Waals surface area contributed by atoms with Crippen molar-refractivity contribution >= 4 is 27.3 Å². The smallest absolute Gasteiger partial charge is 0.271 e. The van der Waals surface area contributed by atoms with Crippen LogP contribution in [0.1, 0.15) is 11.1 Å². The number of carbonyl (C=O) groups excluding carboxylic acids is 1. The fourth-order valence-electron chi connectivity index (χ4n) is 2.24. The molecule has 0 bridgehead atoms. The highest BCUT2D eigenvalue weighted by molar-refractivity contribution is 7.89. The van der Waals surface area contributed by atoms with E-state index in [4.69, 9.17) is 0 Å². The summed E-state index contributed by atoms with van der Waals surface area (Å²) in [6, 6.07) is 10.2. The third kappa shape index (κ3) is 4.44. The number of nitrogens with one attached hydrogen (secondary N) is 1. The maximum Gasteiger partial charge on any atom is 0.271 e. The Labute approximate surface area is 151 Å². The first kappa shape index (κ1) is 19.5. The summed E-state index contributed by atoms with van der Waals surface area (Å²) in [5.41, 5.74) is 1.86. The maximum atomic E-state index is 12.6. The summed E-state index contributed by atoms with van der Waals surface area (Å²) in [5, 5.41) is 13.2. The van der Waals surface area contributed by atoms with E-state index >= 15 is 0 Å². The van der Waals surface area contributed by atoms with Crippen molar-refractivity contribution in [2.75, 3.05) is 18.9 Å². The molecule has 0 unspecified atom stereocenters. The van der Waals surface area contributed by atoms with E-state index in [1.807, 2.05) is 13.8 Å². The highest BCUT2D eigenvalue weighted by Crippen LogP contribution is 2.19. The SMILES string of the molecule is Cc1ccc(S(=O)(=O)N(C)CC(=O)Nc2cccc([N+](=O)[O-])c2)cc1C. The number of anilines is 1. The van der Waals surface area contributed by atoms with Gasteiger partial charge in [-0.2, -0.15) is 4.31 Å². The molecule has 0 aromatic heterocycles. The normalized spacial score (nSPS) is 11.4. The second-order valence-electron chi connectivity index (χ2n) is 5.86. The zero-order valence-corrected chi connectivity index (χ0v) is 15.4. The predicted octanol–water partition coefficient (Wildman–Crippen LogP) is 2.47. The van der Waals surface area contributed by atoms with Gasteiger partial charge in [-0.3, -0.25) is 14.9 Å². The van der Waals surface area contributed by atoms with Gasteiger partial charge in [-0.25, -0.2) is 8.42 Å². The average molecular weight is 377 g/mol. The van der Waals surface area contributed by atoms with Gasteiger partial charge in [0.15, 0.2) is 0 Å². The molecule has 0 aliphatic rings. The minimum Gasteiger partial charge on any atom is -0.325 e. The highest BCUT2D eigenvalue weighted by atomic mass is 32.2. The number of rotatable bonds is 6. The summed E-state index contributed by atoms with van der Waals surface area (Å²) in [4.78, 5) is 22.4. The Morgan fingerprint density at radius 1 is 1.15 bits per heavy atom. The van der Waals surface area contributed by atoms with Crippen molar-refractivity contribution in [1.82, 2.24) is 4.31 Å². The van der Waals surface area contributed by atoms with Gasteiger partial charge in [-0.15, -0.1) is 0 Å². The van der Waals surface area contributed by atoms with Gasteiger partial charge in [-0.05, 0) is 43.2 Å². The number of carbonyl (C=O) groups is 1. The maximum absolute atomic E-state index is 12.6. The van der Waals surface area contributed by atoms with Gasteiger partial charge in [0.05, 0.1) is 16.4 Å². The number of hydrogen-bond donors (Lipinski definition) is 1. The first-order valence-corrected chi connectivity index (χ1v) is 9.13. The van der Waals surface area contributed by atoms with E-state index < -0.39 is 27.4 Å². The third-order valence-corrected chi connectivity index (χ3v) is 5.69. The molecule has 0 atom stereocenters. The van der Waals surface area contributed by atoms with Gasteiger partial charge in [0.2, 0.25) is 15.9 Å². The molecule has 0 heterocycles. The number of sulfonamides is 1. The molecule has 1 amide bonds. The van der Waals surface area contributed by atoms with Gasteiger partial charge < -0.3 is 5.32 Å². The molecule has 0 spiro atoms. The Balaban J connectivity index is 2.11. The molecule has 9 heteroatoms. The Morgan fingerprint density at radius 2 is 1.85 bits per heavy atom. The van der Waals surface area contributed by atoms with Gasteiger partial charge in [0.1, 0.15) is 0 Å². The number of nitrogens with zero attached hydrogens (tertiary/aromatic N) is 2. The number of benzene rings is 2. The minimum atomic E-state index is -3.82. The van der Waals surface area contributed by atoms with E-state index in [0.29, 0.717) is 0 Å². The zero-order valence-electron chi connectivity index (χ0n) is 14.6. The van der Waals surface area contributed by atoms with Crippen LogP contribution >= 0.6 is 0 Å². The lowest BCUT2D eigenvalue weighted by Crippen LogP contribution is -2.35. The summed E-state index contributed by atoms with van der Waals surface area (Å²) < 4.78 is 26.1. The Morgan fingerprint density at radius 3 is 2.46 bits per heavy atom. The number of aryl methyl sites for hydroxylation is 2. The van der Waals surface area contributed by atoms with Gasteiger partial charge in [0, 0.05) is 24.9 Å². The summed E-state index contributed by atoms with van der Waals surface area (Å²) in [6.07, 6.45) is 0. The molecule has 1 N–H and O–H groups in total. The number of nitro benzene ring substituents is 1. The van der Waals surface area contributed by atoms with Crippen LogP contribution < -0.4 is 5.32 Å². The minimum absolute atomic E-state index is 0.103. The third-order valence-electron chi connectivity index (χ3n) is 3.89. The molecule has 2 aromatic rings. The van der Waals surface area contributed by atoms with Crippen molar-refractivity contribution < 1.29 is 18.1 Å². The number of amides is 1. The predicted molar refractivity (Wildman–Crippen MR) is 97.5 cm³/mol. The molecule has 2 aromatic carbocycles. The number of nitro groups is 1. The monoisotopic (exact) mass is 377 g/mol. The van der Waals surface area contributed by atoms with E-state index in [1.165, 1.54) is 37.4 Å². The van der Waals surface area contributed by atoms with Crippen LogP contribution in [-0.2, 0) is 14.8 Å². The molecular formula is C17H19N3O5S. The van der Waals surface area contributed by atoms with E-state index in [-0.39, 0.29) is 16.3 Å². The van der Waals surface area contributed by atoms with Crippen molar-refractivity contribution in [3.05, 3.63) is 63.7 Å². The second kappa shape index (κ2) is 7.63. The van der Waals surface area contributed by atoms with Crippen LogP contribution in [-0.4, -0.2) is 37.1 Å². The summed E-state index contributed by atoms with van der Waals surface area (Å²) in [6.45, 7) is 3.27. The Hall–Kier alpha value is -2.78. The van der Waals surface area contributed by atoms with Crippen molar-refractivity contribution in [2.45, 2.75) is 18.7 Å². The van der Waals surface area contributed by atoms with Gasteiger partial charge >= 0.3 is 0 Å². The molecule has 8 nitrogen and oxygen atoms in total. The van der Waals surface area contributed by atoms with E-state index in [9.17, 15) is 23.3 Å². The van der Waals surface area contributed by atoms with E-state index in [0.717, 1.165) is 15.4 Å². The second-order valence-corrected chi connectivity index (χ2v) is 7.91. The van der Waals surface area contributed by atoms with Crippen LogP contribution in [0.15, 0.2) is 47.4 Å². The number of hydrogen-bond acceptors (Lipinski definition) is 5. The van der Waals surface area contributed by atoms with Gasteiger partial charge in [-0.1, -0.05) is 12.1 Å². The topological polar surface area (TPSA) is 110 Å². The first-order valence-electron chi connectivity index (χ1n) is 7.69. The molecule has 0 aliphatic heterocycles. The van der Waals surface area contributed by atoms with Crippen molar-refractivity contribution in [2.24, 2.45) is 0 Å². The average Bonchev–Trinajstić information content (AvgIpc) is 2.57. The van der Waals surface area contributed by atoms with Crippen molar-refractivity contribution in [3.8, 4) is 0 Å². The zero-order chi connectivity index (χ0) is 19.5.